The molecule has 4 rings (SSSR count). The van der Waals surface area contributed by atoms with Gasteiger partial charge in [0, 0.05) is 18.5 Å². The van der Waals surface area contributed by atoms with E-state index in [4.69, 9.17) is 14.2 Å². The van der Waals surface area contributed by atoms with E-state index in [1.54, 1.807) is 62.8 Å². The Morgan fingerprint density at radius 2 is 1.56 bits per heavy atom. The number of benzene rings is 1. The summed E-state index contributed by atoms with van der Waals surface area (Å²) in [5.41, 5.74) is 1.62. The maximum Gasteiger partial charge on any atom is 0.243 e. The molecule has 0 aliphatic heterocycles. The molecule has 13 nitrogen and oxygen atoms in total. The lowest BCUT2D eigenvalue weighted by atomic mass is 10.2. The predicted octanol–water partition coefficient (Wildman–Crippen LogP) is 2.54. The number of para-hydroxylation sites is 1. The molecule has 3 aromatic heterocycles. The molecule has 0 aliphatic carbocycles. The summed E-state index contributed by atoms with van der Waals surface area (Å²) in [7, 11) is 2.06. The number of hydrogen-bond acceptors (Lipinski definition) is 11. The fourth-order valence-corrected chi connectivity index (χ4v) is 5.16. The largest absolute Gasteiger partial charge is 0.494 e. The van der Waals surface area contributed by atoms with E-state index >= 15 is 0 Å². The van der Waals surface area contributed by atoms with Gasteiger partial charge in [-0.3, -0.25) is 9.29 Å². The van der Waals surface area contributed by atoms with Gasteiger partial charge >= 0.3 is 0 Å². The maximum absolute atomic E-state index is 13.7. The van der Waals surface area contributed by atoms with Crippen molar-refractivity contribution in [2.75, 3.05) is 33.1 Å². The van der Waals surface area contributed by atoms with Gasteiger partial charge in [0.2, 0.25) is 21.9 Å². The van der Waals surface area contributed by atoms with Crippen LogP contribution in [-0.4, -0.2) is 71.8 Å². The summed E-state index contributed by atoms with van der Waals surface area (Å²) >= 11 is 0. The van der Waals surface area contributed by atoms with Gasteiger partial charge in [0.05, 0.1) is 27.4 Å². The number of ether oxygens (including phenoxy) is 3. The molecule has 206 valence electrons. The molecule has 0 amide bonds. The third kappa shape index (κ3) is 5.61. The highest BCUT2D eigenvalue weighted by molar-refractivity contribution is 7.93. The normalized spacial score (nSPS) is 13.0. The lowest BCUT2D eigenvalue weighted by Crippen LogP contribution is -2.38. The molecule has 0 spiro atoms. The topological polar surface area (TPSA) is 155 Å². The van der Waals surface area contributed by atoms with E-state index in [9.17, 15) is 8.42 Å². The second kappa shape index (κ2) is 11.6. The molecule has 0 unspecified atom stereocenters. The number of sulfonamides is 1. The average Bonchev–Trinajstić information content (AvgIpc) is 3.35. The third-order valence-corrected chi connectivity index (χ3v) is 7.75. The third-order valence-electron chi connectivity index (χ3n) is 6.03. The summed E-state index contributed by atoms with van der Waals surface area (Å²) in [5, 5.41) is 10.5. The number of nitrogens with zero attached hydrogens (tertiary/aromatic N) is 6. The highest BCUT2D eigenvalue weighted by Crippen LogP contribution is 2.38. The quantitative estimate of drug-likeness (QED) is 0.281. The van der Waals surface area contributed by atoms with Crippen LogP contribution in [0.15, 0.2) is 48.8 Å². The predicted molar refractivity (Wildman–Crippen MR) is 145 cm³/mol. The number of rotatable bonds is 11. The van der Waals surface area contributed by atoms with Crippen molar-refractivity contribution in [1.82, 2.24) is 35.0 Å². The summed E-state index contributed by atoms with van der Waals surface area (Å²) in [4.78, 5) is 13.1. The van der Waals surface area contributed by atoms with Crippen LogP contribution in [-0.2, 0) is 10.0 Å². The Kier molecular flexibility index (Phi) is 8.26. The highest BCUT2D eigenvalue weighted by atomic mass is 32.2. The Bertz CT molecular complexity index is 1520. The van der Waals surface area contributed by atoms with E-state index in [2.05, 4.69) is 35.2 Å². The summed E-state index contributed by atoms with van der Waals surface area (Å²) < 4.78 is 47.9. The molecule has 1 aromatic carbocycles. The van der Waals surface area contributed by atoms with Gasteiger partial charge in [-0.05, 0) is 44.7 Å². The molecule has 0 aliphatic rings. The zero-order valence-corrected chi connectivity index (χ0v) is 23.2. The van der Waals surface area contributed by atoms with Crippen LogP contribution in [0.5, 0.6) is 17.4 Å². The SMILES string of the molecule is CN[C@H](c1ncc(C)cn1)[C@H](C)S(=O)(=O)Nc1nnc(-c2cccc(OC)n2)n1-c1c(OC)cccc1OC. The van der Waals surface area contributed by atoms with Gasteiger partial charge in [0.15, 0.2) is 5.82 Å². The standard InChI is InChI=1S/C25H30N8O5S/c1-15-13-27-23(28-14-15)21(26-3)16(2)39(34,35)32-25-31-30-24(17-9-7-12-20(29-17)38-6)33(25)22-18(36-4)10-8-11-19(22)37-5/h7-14,16,21,26H,1-6H3,(H,31,32)/t16-,21-/m0/s1. The minimum Gasteiger partial charge on any atom is -0.494 e. The van der Waals surface area contributed by atoms with Crippen molar-refractivity contribution in [3.8, 4) is 34.6 Å². The van der Waals surface area contributed by atoms with Crippen LogP contribution in [0.4, 0.5) is 5.95 Å². The van der Waals surface area contributed by atoms with Gasteiger partial charge < -0.3 is 19.5 Å². The van der Waals surface area contributed by atoms with Gasteiger partial charge in [-0.1, -0.05) is 12.1 Å². The van der Waals surface area contributed by atoms with E-state index in [-0.39, 0.29) is 11.8 Å². The number of aromatic nitrogens is 6. The van der Waals surface area contributed by atoms with Crippen LogP contribution < -0.4 is 24.2 Å². The smallest absolute Gasteiger partial charge is 0.243 e. The molecule has 0 saturated carbocycles. The Labute approximate surface area is 226 Å². The van der Waals surface area contributed by atoms with Crippen molar-refractivity contribution in [3.63, 3.8) is 0 Å². The molecule has 39 heavy (non-hydrogen) atoms. The van der Waals surface area contributed by atoms with Crippen LogP contribution in [0.3, 0.4) is 0 Å². The van der Waals surface area contributed by atoms with Crippen molar-refractivity contribution in [2.24, 2.45) is 0 Å². The minimum atomic E-state index is -4.08. The van der Waals surface area contributed by atoms with Crippen LogP contribution in [0.2, 0.25) is 0 Å². The van der Waals surface area contributed by atoms with E-state index in [1.165, 1.54) is 25.9 Å². The van der Waals surface area contributed by atoms with Gasteiger partial charge in [0.25, 0.3) is 0 Å². The van der Waals surface area contributed by atoms with Crippen molar-refractivity contribution < 1.29 is 22.6 Å². The second-order valence-electron chi connectivity index (χ2n) is 8.50. The molecular formula is C25H30N8O5S. The van der Waals surface area contributed by atoms with E-state index in [1.807, 2.05) is 6.92 Å². The Morgan fingerprint density at radius 1 is 0.923 bits per heavy atom. The first kappa shape index (κ1) is 27.7. The molecule has 0 fully saturated rings. The number of hydrogen-bond donors (Lipinski definition) is 2. The summed E-state index contributed by atoms with van der Waals surface area (Å²) in [6.45, 7) is 3.41. The van der Waals surface area contributed by atoms with Crippen LogP contribution in [0.1, 0.15) is 24.4 Å². The van der Waals surface area contributed by atoms with E-state index < -0.39 is 21.3 Å². The number of pyridine rings is 1. The fourth-order valence-electron chi connectivity index (χ4n) is 3.97. The maximum atomic E-state index is 13.7. The van der Waals surface area contributed by atoms with Crippen molar-refractivity contribution in [1.29, 1.82) is 0 Å². The number of aryl methyl sites for hydroxylation is 1. The lowest BCUT2D eigenvalue weighted by molar-refractivity contribution is 0.391. The van der Waals surface area contributed by atoms with Gasteiger partial charge in [-0.15, -0.1) is 10.2 Å². The van der Waals surface area contributed by atoms with Crippen LogP contribution in [0, 0.1) is 6.92 Å². The monoisotopic (exact) mass is 554 g/mol. The fraction of sp³-hybridized carbons (Fsp3) is 0.320. The van der Waals surface area contributed by atoms with Crippen LogP contribution in [0.25, 0.3) is 17.2 Å². The molecule has 4 aromatic rings. The molecule has 14 heteroatoms. The average molecular weight is 555 g/mol. The number of nitrogens with one attached hydrogen (secondary N) is 2. The zero-order chi connectivity index (χ0) is 28.2. The van der Waals surface area contributed by atoms with Gasteiger partial charge in [-0.25, -0.2) is 23.4 Å². The van der Waals surface area contributed by atoms with E-state index in [0.29, 0.717) is 34.6 Å². The van der Waals surface area contributed by atoms with Crippen molar-refractivity contribution in [2.45, 2.75) is 25.1 Å². The first-order valence-electron chi connectivity index (χ1n) is 11.9. The van der Waals surface area contributed by atoms with Crippen LogP contribution >= 0.6 is 0 Å². The molecule has 0 saturated heterocycles. The minimum absolute atomic E-state index is 0.0936. The first-order valence-corrected chi connectivity index (χ1v) is 13.4. The Morgan fingerprint density at radius 3 is 2.15 bits per heavy atom. The summed E-state index contributed by atoms with van der Waals surface area (Å²) in [6, 6.07) is 9.60. The first-order chi connectivity index (χ1) is 18.7. The van der Waals surface area contributed by atoms with Gasteiger partial charge in [0.1, 0.15) is 34.0 Å². The Hall–Kier alpha value is -4.30. The summed E-state index contributed by atoms with van der Waals surface area (Å²) in [6.07, 6.45) is 3.27. The number of anilines is 1. The molecule has 3 heterocycles. The molecule has 2 N–H and O–H groups in total. The van der Waals surface area contributed by atoms with Crippen molar-refractivity contribution >= 4 is 16.0 Å². The molecular weight excluding hydrogens is 524 g/mol. The second-order valence-corrected chi connectivity index (χ2v) is 10.5. The molecule has 0 bridgehead atoms. The molecule has 2 atom stereocenters. The zero-order valence-electron chi connectivity index (χ0n) is 22.4. The Balaban J connectivity index is 1.85. The highest BCUT2D eigenvalue weighted by Gasteiger charge is 2.34. The van der Waals surface area contributed by atoms with Gasteiger partial charge in [-0.2, -0.15) is 0 Å². The lowest BCUT2D eigenvalue weighted by Gasteiger charge is -2.23. The van der Waals surface area contributed by atoms with E-state index in [0.717, 1.165) is 5.56 Å². The number of methoxy groups -OCH3 is 3. The van der Waals surface area contributed by atoms with Crippen molar-refractivity contribution in [3.05, 3.63) is 60.2 Å². The molecule has 0 radical (unpaired) electrons. The summed E-state index contributed by atoms with van der Waals surface area (Å²) in [5.74, 6) is 1.62.